The summed E-state index contributed by atoms with van der Waals surface area (Å²) in [7, 11) is 0. The van der Waals surface area contributed by atoms with E-state index in [1.807, 2.05) is 12.1 Å². The molecule has 0 saturated heterocycles. The summed E-state index contributed by atoms with van der Waals surface area (Å²) >= 11 is 0. The van der Waals surface area contributed by atoms with Gasteiger partial charge in [-0.3, -0.25) is 14.4 Å². The van der Waals surface area contributed by atoms with Gasteiger partial charge >= 0.3 is 11.9 Å². The SMILES string of the molecule is CC(=O)C(CCc1ccc(CC(=O)O)cc1)C(=O)OC(C)(C)C. The van der Waals surface area contributed by atoms with Gasteiger partial charge < -0.3 is 9.84 Å². The average molecular weight is 320 g/mol. The number of rotatable bonds is 7. The van der Waals surface area contributed by atoms with Gasteiger partial charge in [-0.2, -0.15) is 0 Å². The van der Waals surface area contributed by atoms with Crippen molar-refractivity contribution in [2.45, 2.75) is 52.6 Å². The highest BCUT2D eigenvalue weighted by Crippen LogP contribution is 2.17. The number of aryl methyl sites for hydroxylation is 1. The van der Waals surface area contributed by atoms with Gasteiger partial charge in [0, 0.05) is 0 Å². The van der Waals surface area contributed by atoms with E-state index in [2.05, 4.69) is 0 Å². The van der Waals surface area contributed by atoms with E-state index >= 15 is 0 Å². The van der Waals surface area contributed by atoms with Gasteiger partial charge in [-0.1, -0.05) is 24.3 Å². The molecule has 0 aliphatic carbocycles. The summed E-state index contributed by atoms with van der Waals surface area (Å²) < 4.78 is 5.29. The Morgan fingerprint density at radius 3 is 2.04 bits per heavy atom. The maximum absolute atomic E-state index is 12.1. The zero-order chi connectivity index (χ0) is 17.6. The first-order chi connectivity index (χ1) is 10.6. The fraction of sp³-hybridized carbons (Fsp3) is 0.500. The smallest absolute Gasteiger partial charge is 0.316 e. The largest absolute Gasteiger partial charge is 0.481 e. The Morgan fingerprint density at radius 1 is 1.09 bits per heavy atom. The number of carbonyl (C=O) groups excluding carboxylic acids is 2. The van der Waals surface area contributed by atoms with Crippen molar-refractivity contribution in [3.05, 3.63) is 35.4 Å². The summed E-state index contributed by atoms with van der Waals surface area (Å²) in [5.41, 5.74) is 1.05. The lowest BCUT2D eigenvalue weighted by Gasteiger charge is -2.22. The van der Waals surface area contributed by atoms with Crippen LogP contribution in [0.3, 0.4) is 0 Å². The van der Waals surface area contributed by atoms with Crippen LogP contribution in [0.5, 0.6) is 0 Å². The van der Waals surface area contributed by atoms with Crippen LogP contribution < -0.4 is 0 Å². The van der Waals surface area contributed by atoms with Gasteiger partial charge in [0.2, 0.25) is 0 Å². The summed E-state index contributed by atoms with van der Waals surface area (Å²) in [6.07, 6.45) is 0.910. The molecular weight excluding hydrogens is 296 g/mol. The highest BCUT2D eigenvalue weighted by atomic mass is 16.6. The van der Waals surface area contributed by atoms with E-state index in [9.17, 15) is 14.4 Å². The van der Waals surface area contributed by atoms with Crippen molar-refractivity contribution in [3.63, 3.8) is 0 Å². The number of hydrogen-bond acceptors (Lipinski definition) is 4. The van der Waals surface area contributed by atoms with Crippen LogP contribution in [0, 0.1) is 5.92 Å². The van der Waals surface area contributed by atoms with Gasteiger partial charge in [-0.25, -0.2) is 0 Å². The molecule has 5 nitrogen and oxygen atoms in total. The molecule has 0 aliphatic heterocycles. The average Bonchev–Trinajstić information content (AvgIpc) is 2.37. The topological polar surface area (TPSA) is 80.7 Å². The molecule has 1 rings (SSSR count). The number of carboxylic acids is 1. The molecule has 1 N–H and O–H groups in total. The quantitative estimate of drug-likeness (QED) is 0.617. The number of carbonyl (C=O) groups is 3. The van der Waals surface area contributed by atoms with Gasteiger partial charge in [0.05, 0.1) is 6.42 Å². The molecule has 1 unspecified atom stereocenters. The number of hydrogen-bond donors (Lipinski definition) is 1. The zero-order valence-electron chi connectivity index (χ0n) is 14.1. The molecule has 0 spiro atoms. The summed E-state index contributed by atoms with van der Waals surface area (Å²) in [6, 6.07) is 7.15. The lowest BCUT2D eigenvalue weighted by atomic mass is 9.95. The third-order valence-corrected chi connectivity index (χ3v) is 3.28. The fourth-order valence-corrected chi connectivity index (χ4v) is 2.17. The number of Topliss-reactive ketones (excluding diaryl/α,β-unsaturated/α-hetero) is 1. The van der Waals surface area contributed by atoms with E-state index in [0.717, 1.165) is 11.1 Å². The monoisotopic (exact) mass is 320 g/mol. The molecular formula is C18H24O5. The summed E-state index contributed by atoms with van der Waals surface area (Å²) in [6.45, 7) is 6.69. The molecule has 1 aromatic rings. The number of benzene rings is 1. The van der Waals surface area contributed by atoms with Crippen molar-refractivity contribution in [1.29, 1.82) is 0 Å². The van der Waals surface area contributed by atoms with Crippen molar-refractivity contribution >= 4 is 17.7 Å². The molecule has 0 amide bonds. The molecule has 0 aromatic heterocycles. The Hall–Kier alpha value is -2.17. The van der Waals surface area contributed by atoms with Crippen LogP contribution in [0.1, 0.15) is 45.2 Å². The number of esters is 1. The van der Waals surface area contributed by atoms with Crippen LogP contribution in [0.2, 0.25) is 0 Å². The van der Waals surface area contributed by atoms with E-state index < -0.39 is 23.5 Å². The Balaban J connectivity index is 2.67. The molecule has 0 heterocycles. The number of carboxylic acid groups (broad SMARTS) is 1. The van der Waals surface area contributed by atoms with E-state index in [-0.39, 0.29) is 12.2 Å². The molecule has 0 bridgehead atoms. The van der Waals surface area contributed by atoms with Crippen molar-refractivity contribution in [1.82, 2.24) is 0 Å². The van der Waals surface area contributed by atoms with Gasteiger partial charge in [0.1, 0.15) is 17.3 Å². The first-order valence-corrected chi connectivity index (χ1v) is 7.61. The zero-order valence-corrected chi connectivity index (χ0v) is 14.1. The van der Waals surface area contributed by atoms with E-state index in [1.54, 1.807) is 32.9 Å². The summed E-state index contributed by atoms with van der Waals surface area (Å²) in [5, 5.41) is 8.74. The summed E-state index contributed by atoms with van der Waals surface area (Å²) in [5.74, 6) is -2.35. The standard InChI is InChI=1S/C18H24O5/c1-12(19)15(17(22)23-18(2,3)4)10-9-13-5-7-14(8-6-13)11-16(20)21/h5-8,15H,9-11H2,1-4H3,(H,20,21). The Labute approximate surface area is 136 Å². The second-order valence-electron chi connectivity index (χ2n) is 6.62. The lowest BCUT2D eigenvalue weighted by molar-refractivity contribution is -0.162. The molecule has 1 aromatic carbocycles. The molecule has 126 valence electrons. The predicted octanol–water partition coefficient (Wildman–Crippen LogP) is 2.79. The van der Waals surface area contributed by atoms with Gasteiger partial charge in [-0.05, 0) is 51.7 Å². The minimum absolute atomic E-state index is 0.0196. The second kappa shape index (κ2) is 7.90. The summed E-state index contributed by atoms with van der Waals surface area (Å²) in [4.78, 5) is 34.4. The molecule has 0 fully saturated rings. The predicted molar refractivity (Wildman–Crippen MR) is 86.1 cm³/mol. The van der Waals surface area contributed by atoms with E-state index in [1.165, 1.54) is 6.92 Å². The Bertz CT molecular complexity index is 566. The second-order valence-corrected chi connectivity index (χ2v) is 6.62. The third-order valence-electron chi connectivity index (χ3n) is 3.28. The van der Waals surface area contributed by atoms with Gasteiger partial charge in [-0.15, -0.1) is 0 Å². The number of ether oxygens (including phenoxy) is 1. The van der Waals surface area contributed by atoms with Crippen molar-refractivity contribution < 1.29 is 24.2 Å². The van der Waals surface area contributed by atoms with Gasteiger partial charge in [0.15, 0.2) is 0 Å². The normalized spacial score (nSPS) is 12.5. The van der Waals surface area contributed by atoms with Crippen LogP contribution >= 0.6 is 0 Å². The van der Waals surface area contributed by atoms with Crippen LogP contribution in [-0.2, 0) is 32.0 Å². The van der Waals surface area contributed by atoms with Crippen molar-refractivity contribution in [2.24, 2.45) is 5.92 Å². The number of ketones is 1. The minimum atomic E-state index is -0.876. The van der Waals surface area contributed by atoms with Crippen molar-refractivity contribution in [2.75, 3.05) is 0 Å². The lowest BCUT2D eigenvalue weighted by Crippen LogP contribution is -2.32. The number of aliphatic carboxylic acids is 1. The highest BCUT2D eigenvalue weighted by molar-refractivity contribution is 5.97. The Morgan fingerprint density at radius 2 is 1.61 bits per heavy atom. The third kappa shape index (κ3) is 7.08. The van der Waals surface area contributed by atoms with Crippen LogP contribution in [0.4, 0.5) is 0 Å². The molecule has 0 aliphatic rings. The molecule has 0 radical (unpaired) electrons. The van der Waals surface area contributed by atoms with E-state index in [4.69, 9.17) is 9.84 Å². The highest BCUT2D eigenvalue weighted by Gasteiger charge is 2.28. The fourth-order valence-electron chi connectivity index (χ4n) is 2.17. The maximum atomic E-state index is 12.1. The maximum Gasteiger partial charge on any atom is 0.316 e. The molecule has 23 heavy (non-hydrogen) atoms. The molecule has 0 saturated carbocycles. The van der Waals surface area contributed by atoms with Crippen LogP contribution in [0.15, 0.2) is 24.3 Å². The van der Waals surface area contributed by atoms with Gasteiger partial charge in [0.25, 0.3) is 0 Å². The first-order valence-electron chi connectivity index (χ1n) is 7.61. The molecule has 1 atom stereocenters. The van der Waals surface area contributed by atoms with Crippen LogP contribution in [-0.4, -0.2) is 28.4 Å². The van der Waals surface area contributed by atoms with E-state index in [0.29, 0.717) is 12.8 Å². The Kier molecular flexibility index (Phi) is 6.49. The van der Waals surface area contributed by atoms with Crippen molar-refractivity contribution in [3.8, 4) is 0 Å². The van der Waals surface area contributed by atoms with Crippen LogP contribution in [0.25, 0.3) is 0 Å². The first kappa shape index (κ1) is 18.9. The minimum Gasteiger partial charge on any atom is -0.481 e. The molecule has 5 heteroatoms.